The van der Waals surface area contributed by atoms with Gasteiger partial charge in [0.25, 0.3) is 0 Å². The average Bonchev–Trinajstić information content (AvgIpc) is 3.32. The van der Waals surface area contributed by atoms with Crippen molar-refractivity contribution in [3.8, 4) is 0 Å². The van der Waals surface area contributed by atoms with Gasteiger partial charge in [0.2, 0.25) is 11.6 Å². The molecule has 0 bridgehead atoms. The summed E-state index contributed by atoms with van der Waals surface area (Å²) in [5.41, 5.74) is 2.71. The van der Waals surface area contributed by atoms with Crippen LogP contribution in [0.1, 0.15) is 22.5 Å². The maximum absolute atomic E-state index is 13.1. The number of thioether (sulfide) groups is 1. The summed E-state index contributed by atoms with van der Waals surface area (Å²) in [6, 6.07) is 16.6. The molecule has 1 atom stereocenters. The normalized spacial score (nSPS) is 12.3. The first-order valence-corrected chi connectivity index (χ1v) is 14.4. The minimum absolute atomic E-state index is 0.0313. The van der Waals surface area contributed by atoms with E-state index in [1.54, 1.807) is 47.8 Å². The number of hydrogen-bond donors (Lipinski definition) is 2. The Labute approximate surface area is 241 Å². The number of furan rings is 1. The van der Waals surface area contributed by atoms with E-state index >= 15 is 0 Å². The lowest BCUT2D eigenvalue weighted by atomic mass is 10.1. The third kappa shape index (κ3) is 8.37. The van der Waals surface area contributed by atoms with Crippen molar-refractivity contribution in [2.24, 2.45) is 7.05 Å². The molecular weight excluding hydrogens is 557 g/mol. The number of carbonyl (C=O) groups excluding carboxylic acids is 1. The Kier molecular flexibility index (Phi) is 10.2. The monoisotopic (exact) mass is 587 g/mol. The second-order valence-corrected chi connectivity index (χ2v) is 11.5. The van der Waals surface area contributed by atoms with Crippen LogP contribution < -0.4 is 10.7 Å². The largest absolute Gasteiger partial charge is 0.443 e. The fourth-order valence-electron chi connectivity index (χ4n) is 4.26. The molecule has 0 saturated heterocycles. The van der Waals surface area contributed by atoms with E-state index in [4.69, 9.17) is 27.6 Å². The molecule has 0 aliphatic heterocycles. The van der Waals surface area contributed by atoms with Crippen molar-refractivity contribution in [3.05, 3.63) is 104 Å². The smallest absolute Gasteiger partial charge is 0.224 e. The summed E-state index contributed by atoms with van der Waals surface area (Å²) < 4.78 is 7.69. The van der Waals surface area contributed by atoms with Crippen molar-refractivity contribution >= 4 is 52.0 Å². The summed E-state index contributed by atoms with van der Waals surface area (Å²) in [7, 11) is 3.68. The molecule has 2 aromatic carbocycles. The molecule has 4 rings (SSSR count). The predicted molar refractivity (Wildman–Crippen MR) is 158 cm³/mol. The summed E-state index contributed by atoms with van der Waals surface area (Å²) in [6.07, 6.45) is 1.10. The fourth-order valence-corrected chi connectivity index (χ4v) is 5.43. The van der Waals surface area contributed by atoms with Crippen LogP contribution in [0.5, 0.6) is 0 Å². The molecule has 2 N–H and O–H groups in total. The van der Waals surface area contributed by atoms with Gasteiger partial charge in [0.1, 0.15) is 5.76 Å². The van der Waals surface area contributed by atoms with E-state index in [2.05, 4.69) is 5.32 Å². The van der Waals surface area contributed by atoms with Crippen LogP contribution >= 0.6 is 35.0 Å². The van der Waals surface area contributed by atoms with Crippen LogP contribution in [0.2, 0.25) is 10.0 Å². The first-order chi connectivity index (χ1) is 18.7. The Morgan fingerprint density at radius 2 is 1.74 bits per heavy atom. The molecule has 4 aromatic rings. The number of benzene rings is 2. The summed E-state index contributed by atoms with van der Waals surface area (Å²) in [5, 5.41) is 15.1. The molecule has 2 heterocycles. The Morgan fingerprint density at radius 1 is 1.10 bits per heavy atom. The van der Waals surface area contributed by atoms with Crippen molar-refractivity contribution < 1.29 is 14.3 Å². The zero-order valence-corrected chi connectivity index (χ0v) is 24.2. The maximum Gasteiger partial charge on any atom is 0.224 e. The number of pyridine rings is 1. The lowest BCUT2D eigenvalue weighted by Gasteiger charge is -2.19. The Morgan fingerprint density at radius 3 is 2.41 bits per heavy atom. The number of aliphatic hydroxyl groups excluding tert-OH is 1. The van der Waals surface area contributed by atoms with Crippen LogP contribution in [0.15, 0.2) is 70.0 Å². The number of rotatable bonds is 12. The van der Waals surface area contributed by atoms with Crippen LogP contribution in [0.25, 0.3) is 11.1 Å². The van der Waals surface area contributed by atoms with Crippen LogP contribution in [0.3, 0.4) is 0 Å². The lowest BCUT2D eigenvalue weighted by molar-refractivity contribution is -0.120. The van der Waals surface area contributed by atoms with Crippen molar-refractivity contribution in [1.82, 2.24) is 14.8 Å². The van der Waals surface area contributed by atoms with Crippen molar-refractivity contribution in [2.75, 3.05) is 19.3 Å². The van der Waals surface area contributed by atoms with Crippen molar-refractivity contribution in [3.63, 3.8) is 0 Å². The molecule has 0 fully saturated rings. The van der Waals surface area contributed by atoms with Gasteiger partial charge < -0.3 is 19.4 Å². The van der Waals surface area contributed by atoms with Gasteiger partial charge in [-0.3, -0.25) is 14.5 Å². The van der Waals surface area contributed by atoms with Gasteiger partial charge in [0.05, 0.1) is 24.5 Å². The van der Waals surface area contributed by atoms with E-state index in [-0.39, 0.29) is 17.8 Å². The number of nitrogens with one attached hydrogen (secondary N) is 1. The van der Waals surface area contributed by atoms with Gasteiger partial charge in [0, 0.05) is 53.4 Å². The first-order valence-electron chi connectivity index (χ1n) is 12.5. The number of amides is 1. The molecule has 0 aliphatic carbocycles. The maximum atomic E-state index is 13.1. The molecule has 0 spiro atoms. The second-order valence-electron chi connectivity index (χ2n) is 9.60. The third-order valence-electron chi connectivity index (χ3n) is 6.16. The van der Waals surface area contributed by atoms with Crippen LogP contribution in [-0.4, -0.2) is 45.9 Å². The zero-order chi connectivity index (χ0) is 27.9. The van der Waals surface area contributed by atoms with E-state index in [0.717, 1.165) is 16.9 Å². The SMILES string of the molecule is CN(Cc1cc2c(=O)c(CC(=O)NCc3ccc(Cl)cc3)cn(C)c2o1)CC(O)CSCc1ccc(Cl)cc1. The Hall–Kier alpha value is -2.75. The van der Waals surface area contributed by atoms with Crippen LogP contribution in [-0.2, 0) is 37.1 Å². The number of fused-ring (bicyclic) bond motifs is 1. The first kappa shape index (κ1) is 29.2. The lowest BCUT2D eigenvalue weighted by Crippen LogP contribution is -2.30. The number of aryl methyl sites for hydroxylation is 1. The summed E-state index contributed by atoms with van der Waals surface area (Å²) in [5.74, 6) is 1.76. The van der Waals surface area contributed by atoms with Gasteiger partial charge in [-0.15, -0.1) is 0 Å². The van der Waals surface area contributed by atoms with E-state index in [0.29, 0.717) is 57.9 Å². The van der Waals surface area contributed by atoms with E-state index in [1.165, 1.54) is 0 Å². The van der Waals surface area contributed by atoms with E-state index < -0.39 is 6.10 Å². The van der Waals surface area contributed by atoms with Gasteiger partial charge in [0.15, 0.2) is 5.43 Å². The van der Waals surface area contributed by atoms with E-state index in [9.17, 15) is 14.7 Å². The second kappa shape index (κ2) is 13.5. The van der Waals surface area contributed by atoms with E-state index in [1.807, 2.05) is 48.3 Å². The number of hydrogen-bond acceptors (Lipinski definition) is 6. The summed E-state index contributed by atoms with van der Waals surface area (Å²) in [4.78, 5) is 27.6. The zero-order valence-electron chi connectivity index (χ0n) is 21.8. The molecule has 0 aliphatic rings. The molecule has 2 aromatic heterocycles. The Balaban J connectivity index is 1.31. The van der Waals surface area contributed by atoms with Gasteiger partial charge in [-0.2, -0.15) is 11.8 Å². The number of halogens is 2. The predicted octanol–water partition coefficient (Wildman–Crippen LogP) is 5.02. The highest BCUT2D eigenvalue weighted by Crippen LogP contribution is 2.20. The van der Waals surface area contributed by atoms with Crippen LogP contribution in [0.4, 0.5) is 0 Å². The number of nitrogens with zero attached hydrogens (tertiary/aromatic N) is 2. The van der Waals surface area contributed by atoms with Gasteiger partial charge in [-0.1, -0.05) is 47.5 Å². The number of aliphatic hydroxyl groups is 1. The van der Waals surface area contributed by atoms with Crippen molar-refractivity contribution in [1.29, 1.82) is 0 Å². The molecule has 0 saturated carbocycles. The van der Waals surface area contributed by atoms with Gasteiger partial charge in [-0.05, 0) is 48.5 Å². The average molecular weight is 589 g/mol. The standard InChI is InChI=1S/C29H31Cl2N3O4S/c1-33(15-24(35)18-39-17-20-5-9-23(31)10-6-20)16-25-12-26-28(37)21(14-34(2)29(26)38-25)11-27(36)32-13-19-3-7-22(30)8-4-19/h3-10,12,14,24,35H,11,13,15-18H2,1-2H3,(H,32,36). The molecule has 10 heteroatoms. The fraction of sp³-hybridized carbons (Fsp3) is 0.310. The number of aromatic nitrogens is 1. The molecular formula is C29H31Cl2N3O4S. The van der Waals surface area contributed by atoms with Crippen LogP contribution in [0, 0.1) is 0 Å². The van der Waals surface area contributed by atoms with Gasteiger partial charge >= 0.3 is 0 Å². The third-order valence-corrected chi connectivity index (χ3v) is 7.83. The Bertz CT molecular complexity index is 1470. The molecule has 7 nitrogen and oxygen atoms in total. The highest BCUT2D eigenvalue weighted by molar-refractivity contribution is 7.98. The topological polar surface area (TPSA) is 87.7 Å². The molecule has 0 radical (unpaired) electrons. The molecule has 39 heavy (non-hydrogen) atoms. The minimum atomic E-state index is -0.513. The quantitative estimate of drug-likeness (QED) is 0.242. The summed E-state index contributed by atoms with van der Waals surface area (Å²) in [6.45, 7) is 1.25. The molecule has 1 amide bonds. The minimum Gasteiger partial charge on any atom is -0.443 e. The van der Waals surface area contributed by atoms with Crippen molar-refractivity contribution in [2.45, 2.75) is 31.4 Å². The number of likely N-dealkylation sites (N-methyl/N-ethyl adjacent to an activating group) is 1. The molecule has 1 unspecified atom stereocenters. The number of carbonyl (C=O) groups is 1. The molecule has 206 valence electrons. The highest BCUT2D eigenvalue weighted by Gasteiger charge is 2.17. The van der Waals surface area contributed by atoms with Gasteiger partial charge in [-0.25, -0.2) is 0 Å². The highest BCUT2D eigenvalue weighted by atomic mass is 35.5. The summed E-state index contributed by atoms with van der Waals surface area (Å²) >= 11 is 13.5.